The maximum atomic E-state index is 11.5. The number of ketones is 1. The molecule has 0 unspecified atom stereocenters. The first kappa shape index (κ1) is 12.3. The number of hydrogen-bond donors (Lipinski definition) is 1. The van der Waals surface area contributed by atoms with Crippen LogP contribution in [0.4, 0.5) is 0 Å². The number of nitrogens with one attached hydrogen (secondary N) is 1. The zero-order chi connectivity index (χ0) is 12.0. The Labute approximate surface area is 100.0 Å². The number of thiocarbonyl (C=S) groups is 1. The van der Waals surface area contributed by atoms with Gasteiger partial charge in [0.2, 0.25) is 5.78 Å². The molecule has 0 radical (unpaired) electrons. The molecule has 1 aromatic carbocycles. The van der Waals surface area contributed by atoms with Gasteiger partial charge in [0.25, 0.3) is 0 Å². The highest BCUT2D eigenvalue weighted by molar-refractivity contribution is 7.80. The van der Waals surface area contributed by atoms with Gasteiger partial charge < -0.3 is 4.90 Å². The van der Waals surface area contributed by atoms with Crippen LogP contribution in [0.25, 0.3) is 0 Å². The fraction of sp³-hybridized carbons (Fsp3) is 0.182. The Morgan fingerprint density at radius 1 is 1.38 bits per heavy atom. The number of carbonyl (C=O) groups excluding carboxylic acids is 1. The first-order valence-electron chi connectivity index (χ1n) is 4.71. The van der Waals surface area contributed by atoms with Crippen molar-refractivity contribution in [2.24, 2.45) is 5.10 Å². The molecule has 5 heteroatoms. The van der Waals surface area contributed by atoms with E-state index < -0.39 is 0 Å². The maximum Gasteiger partial charge on any atom is 0.205 e. The number of carbonyl (C=O) groups is 1. The van der Waals surface area contributed by atoms with Crippen molar-refractivity contribution in [1.29, 1.82) is 0 Å². The first-order chi connectivity index (χ1) is 7.61. The largest absolute Gasteiger partial charge is 0.354 e. The van der Waals surface area contributed by atoms with Crippen LogP contribution in [0.1, 0.15) is 10.4 Å². The van der Waals surface area contributed by atoms with Gasteiger partial charge in [-0.3, -0.25) is 10.2 Å². The lowest BCUT2D eigenvalue weighted by molar-refractivity contribution is 0.107. The highest BCUT2D eigenvalue weighted by Gasteiger charge is 2.00. The molecule has 84 valence electrons. The van der Waals surface area contributed by atoms with Crippen molar-refractivity contribution in [2.45, 2.75) is 0 Å². The second kappa shape index (κ2) is 5.97. The van der Waals surface area contributed by atoms with Crippen LogP contribution < -0.4 is 5.43 Å². The van der Waals surface area contributed by atoms with E-state index in [0.717, 1.165) is 0 Å². The van der Waals surface area contributed by atoms with Crippen LogP contribution in [-0.2, 0) is 0 Å². The Morgan fingerprint density at radius 2 is 2.00 bits per heavy atom. The van der Waals surface area contributed by atoms with Crippen LogP contribution in [0.3, 0.4) is 0 Å². The molecular formula is C11H13N3OS. The van der Waals surface area contributed by atoms with Crippen molar-refractivity contribution >= 4 is 29.3 Å². The predicted octanol–water partition coefficient (Wildman–Crippen LogP) is 1.29. The fourth-order valence-electron chi connectivity index (χ4n) is 0.923. The van der Waals surface area contributed by atoms with Crippen LogP contribution in [0, 0.1) is 0 Å². The molecule has 1 N–H and O–H groups in total. The number of benzene rings is 1. The minimum Gasteiger partial charge on any atom is -0.354 e. The standard InChI is InChI=1S/C11H13N3OS/c1-14(2)11(16)13-12-8-10(15)9-6-4-3-5-7-9/h3-8H,1-2H3,(H,13,16). The van der Waals surface area contributed by atoms with Crippen molar-refractivity contribution in [2.75, 3.05) is 14.1 Å². The van der Waals surface area contributed by atoms with E-state index in [1.165, 1.54) is 6.21 Å². The molecule has 0 bridgehead atoms. The van der Waals surface area contributed by atoms with Crippen molar-refractivity contribution in [3.8, 4) is 0 Å². The molecular weight excluding hydrogens is 222 g/mol. The summed E-state index contributed by atoms with van der Waals surface area (Å²) in [4.78, 5) is 13.2. The topological polar surface area (TPSA) is 44.7 Å². The lowest BCUT2D eigenvalue weighted by Crippen LogP contribution is -2.31. The van der Waals surface area contributed by atoms with E-state index in [1.807, 2.05) is 6.07 Å². The average Bonchev–Trinajstić information content (AvgIpc) is 2.29. The lowest BCUT2D eigenvalue weighted by atomic mass is 10.1. The van der Waals surface area contributed by atoms with Crippen molar-refractivity contribution in [3.63, 3.8) is 0 Å². The van der Waals surface area contributed by atoms with Crippen LogP contribution in [0.15, 0.2) is 35.4 Å². The number of hydrogen-bond acceptors (Lipinski definition) is 3. The Balaban J connectivity index is 2.53. The number of hydrazone groups is 1. The van der Waals surface area contributed by atoms with Gasteiger partial charge >= 0.3 is 0 Å². The number of Topliss-reactive ketones (excluding diaryl/α,β-unsaturated/α-hetero) is 1. The second-order valence-electron chi connectivity index (χ2n) is 3.30. The molecule has 0 heterocycles. The third-order valence-electron chi connectivity index (χ3n) is 1.81. The maximum absolute atomic E-state index is 11.5. The highest BCUT2D eigenvalue weighted by Crippen LogP contribution is 1.97. The summed E-state index contributed by atoms with van der Waals surface area (Å²) in [6, 6.07) is 8.93. The van der Waals surface area contributed by atoms with Gasteiger partial charge in [0.1, 0.15) is 0 Å². The summed E-state index contributed by atoms with van der Waals surface area (Å²) in [6.45, 7) is 0. The van der Waals surface area contributed by atoms with Gasteiger partial charge in [-0.25, -0.2) is 0 Å². The van der Waals surface area contributed by atoms with Crippen LogP contribution in [0.2, 0.25) is 0 Å². The van der Waals surface area contributed by atoms with Gasteiger partial charge in [-0.2, -0.15) is 5.10 Å². The number of rotatable bonds is 3. The third-order valence-corrected chi connectivity index (χ3v) is 2.26. The second-order valence-corrected chi connectivity index (χ2v) is 3.69. The van der Waals surface area contributed by atoms with E-state index in [2.05, 4.69) is 10.5 Å². The molecule has 0 fully saturated rings. The lowest BCUT2D eigenvalue weighted by Gasteiger charge is -2.11. The van der Waals surface area contributed by atoms with Gasteiger partial charge in [-0.1, -0.05) is 30.3 Å². The zero-order valence-corrected chi connectivity index (χ0v) is 9.99. The Morgan fingerprint density at radius 3 is 2.56 bits per heavy atom. The molecule has 16 heavy (non-hydrogen) atoms. The van der Waals surface area contributed by atoms with E-state index in [4.69, 9.17) is 12.2 Å². The monoisotopic (exact) mass is 235 g/mol. The molecule has 1 aromatic rings. The minimum absolute atomic E-state index is 0.158. The normalized spacial score (nSPS) is 10.1. The molecule has 4 nitrogen and oxygen atoms in total. The summed E-state index contributed by atoms with van der Waals surface area (Å²) in [6.07, 6.45) is 1.21. The van der Waals surface area contributed by atoms with Gasteiger partial charge in [0.05, 0.1) is 6.21 Å². The highest BCUT2D eigenvalue weighted by atomic mass is 32.1. The molecule has 0 aliphatic rings. The quantitative estimate of drug-likeness (QED) is 0.371. The van der Waals surface area contributed by atoms with Crippen molar-refractivity contribution < 1.29 is 4.79 Å². The Bertz CT molecular complexity index is 401. The summed E-state index contributed by atoms with van der Waals surface area (Å²) in [5, 5.41) is 4.22. The summed E-state index contributed by atoms with van der Waals surface area (Å²) in [5.41, 5.74) is 3.19. The minimum atomic E-state index is -0.158. The summed E-state index contributed by atoms with van der Waals surface area (Å²) in [7, 11) is 3.59. The van der Waals surface area contributed by atoms with Crippen LogP contribution in [-0.4, -0.2) is 36.1 Å². The van der Waals surface area contributed by atoms with Crippen molar-refractivity contribution in [3.05, 3.63) is 35.9 Å². The fourth-order valence-corrected chi connectivity index (χ4v) is 0.976. The SMILES string of the molecule is CN(C)C(=S)NN=CC(=O)c1ccccc1. The Kier molecular flexibility index (Phi) is 4.60. The first-order valence-corrected chi connectivity index (χ1v) is 5.12. The number of nitrogens with zero attached hydrogens (tertiary/aromatic N) is 2. The average molecular weight is 235 g/mol. The molecule has 0 aliphatic carbocycles. The molecule has 0 spiro atoms. The summed E-state index contributed by atoms with van der Waals surface area (Å²) in [5.74, 6) is -0.158. The Hall–Kier alpha value is -1.75. The van der Waals surface area contributed by atoms with E-state index in [-0.39, 0.29) is 5.78 Å². The zero-order valence-electron chi connectivity index (χ0n) is 9.18. The van der Waals surface area contributed by atoms with Gasteiger partial charge in [-0.15, -0.1) is 0 Å². The summed E-state index contributed by atoms with van der Waals surface area (Å²) >= 11 is 4.94. The molecule has 0 aliphatic heterocycles. The predicted molar refractivity (Wildman–Crippen MR) is 68.7 cm³/mol. The van der Waals surface area contributed by atoms with Gasteiger partial charge in [-0.05, 0) is 12.2 Å². The molecule has 0 saturated heterocycles. The smallest absolute Gasteiger partial charge is 0.205 e. The van der Waals surface area contributed by atoms with Gasteiger partial charge in [0, 0.05) is 19.7 Å². The summed E-state index contributed by atoms with van der Waals surface area (Å²) < 4.78 is 0. The van der Waals surface area contributed by atoms with E-state index >= 15 is 0 Å². The van der Waals surface area contributed by atoms with Crippen LogP contribution >= 0.6 is 12.2 Å². The molecule has 0 aromatic heterocycles. The van der Waals surface area contributed by atoms with E-state index in [0.29, 0.717) is 10.7 Å². The molecule has 0 atom stereocenters. The molecule has 1 rings (SSSR count). The van der Waals surface area contributed by atoms with Gasteiger partial charge in [0.15, 0.2) is 5.11 Å². The van der Waals surface area contributed by atoms with Crippen LogP contribution in [0.5, 0.6) is 0 Å². The van der Waals surface area contributed by atoms with Crippen molar-refractivity contribution in [1.82, 2.24) is 10.3 Å². The third kappa shape index (κ3) is 3.78. The molecule has 0 saturated carbocycles. The van der Waals surface area contributed by atoms with E-state index in [9.17, 15) is 4.79 Å². The van der Waals surface area contributed by atoms with E-state index in [1.54, 1.807) is 43.3 Å². The molecule has 0 amide bonds.